The molecule has 0 amide bonds. The third-order valence-electron chi connectivity index (χ3n) is 6.27. The molecule has 1 saturated carbocycles. The number of hydrogen-bond donors (Lipinski definition) is 3. The second-order valence-corrected chi connectivity index (χ2v) is 10.0. The smallest absolute Gasteiger partial charge is 0.379 e. The molecule has 2 aliphatic rings. The average molecular weight is 442 g/mol. The zero-order valence-corrected chi connectivity index (χ0v) is 18.8. The highest BCUT2D eigenvalue weighted by Gasteiger charge is 2.38. The number of fused-ring (bicyclic) bond motifs is 1. The van der Waals surface area contributed by atoms with Gasteiger partial charge >= 0.3 is 7.82 Å². The summed E-state index contributed by atoms with van der Waals surface area (Å²) >= 11 is 0. The van der Waals surface area contributed by atoms with Crippen LogP contribution in [0.2, 0.25) is 0 Å². The second kappa shape index (κ2) is 10.7. The van der Waals surface area contributed by atoms with E-state index in [1.165, 1.54) is 16.7 Å². The SMILES string of the molecule is CCCCOCCO[C@@H]1CCc2cc([C@@H]3CC[C@@](N)(COP(=O)(O)O)C3)ccc2C1. The molecule has 7 nitrogen and oxygen atoms in total. The van der Waals surface area contributed by atoms with Gasteiger partial charge < -0.3 is 25.0 Å². The molecule has 4 N–H and O–H groups in total. The summed E-state index contributed by atoms with van der Waals surface area (Å²) in [6.45, 7) is 4.17. The van der Waals surface area contributed by atoms with Crippen LogP contribution in [0.1, 0.15) is 68.1 Å². The van der Waals surface area contributed by atoms with Crippen LogP contribution < -0.4 is 5.73 Å². The number of phosphoric ester groups is 1. The Morgan fingerprint density at radius 1 is 1.20 bits per heavy atom. The van der Waals surface area contributed by atoms with Crippen molar-refractivity contribution in [1.82, 2.24) is 0 Å². The molecule has 2 aliphatic carbocycles. The lowest BCUT2D eigenvalue weighted by Crippen LogP contribution is -2.41. The molecule has 0 aliphatic heterocycles. The molecule has 0 spiro atoms. The van der Waals surface area contributed by atoms with Crippen molar-refractivity contribution >= 4 is 7.82 Å². The van der Waals surface area contributed by atoms with Crippen molar-refractivity contribution in [1.29, 1.82) is 0 Å². The maximum Gasteiger partial charge on any atom is 0.469 e. The lowest BCUT2D eigenvalue weighted by molar-refractivity contribution is -0.000913. The van der Waals surface area contributed by atoms with Crippen molar-refractivity contribution in [3.05, 3.63) is 34.9 Å². The van der Waals surface area contributed by atoms with E-state index >= 15 is 0 Å². The van der Waals surface area contributed by atoms with Crippen molar-refractivity contribution in [2.75, 3.05) is 26.4 Å². The van der Waals surface area contributed by atoms with Crippen LogP contribution in [0.25, 0.3) is 0 Å². The summed E-state index contributed by atoms with van der Waals surface area (Å²) in [5.74, 6) is 0.301. The summed E-state index contributed by atoms with van der Waals surface area (Å²) in [5.41, 5.74) is 9.66. The summed E-state index contributed by atoms with van der Waals surface area (Å²) in [7, 11) is -4.49. The quantitative estimate of drug-likeness (QED) is 0.356. The maximum atomic E-state index is 11.0. The van der Waals surface area contributed by atoms with Gasteiger partial charge in [0, 0.05) is 12.1 Å². The molecule has 3 rings (SSSR count). The fourth-order valence-electron chi connectivity index (χ4n) is 4.54. The van der Waals surface area contributed by atoms with E-state index in [-0.39, 0.29) is 12.7 Å². The van der Waals surface area contributed by atoms with Crippen LogP contribution >= 0.6 is 7.82 Å². The highest BCUT2D eigenvalue weighted by molar-refractivity contribution is 7.46. The first-order valence-electron chi connectivity index (χ1n) is 11.1. The van der Waals surface area contributed by atoms with Gasteiger partial charge in [-0.25, -0.2) is 4.57 Å². The number of rotatable bonds is 11. The Labute approximate surface area is 179 Å². The molecule has 1 fully saturated rings. The zero-order chi connectivity index (χ0) is 21.6. The molecule has 170 valence electrons. The standard InChI is InChI=1S/C22H36NO6P/c1-2-3-10-27-11-12-28-21-7-6-17-13-18(4-5-19(17)14-21)20-8-9-22(23,15-20)16-29-30(24,25)26/h4-5,13,20-21H,2-3,6-12,14-16,23H2,1H3,(H2,24,25,26)/t20-,21-,22+/m1/s1. The van der Waals surface area contributed by atoms with E-state index in [4.69, 9.17) is 25.0 Å². The topological polar surface area (TPSA) is 111 Å². The number of benzene rings is 1. The number of aryl methyl sites for hydroxylation is 1. The lowest BCUT2D eigenvalue weighted by Gasteiger charge is -2.27. The fraction of sp³-hybridized carbons (Fsp3) is 0.727. The predicted molar refractivity (Wildman–Crippen MR) is 115 cm³/mol. The molecule has 0 aromatic heterocycles. The van der Waals surface area contributed by atoms with E-state index in [1.54, 1.807) is 0 Å². The van der Waals surface area contributed by atoms with Crippen molar-refractivity contribution in [2.45, 2.75) is 75.9 Å². The van der Waals surface area contributed by atoms with Crippen molar-refractivity contribution in [3.8, 4) is 0 Å². The molecule has 1 aromatic rings. The van der Waals surface area contributed by atoms with Gasteiger partial charge in [0.05, 0.1) is 25.9 Å². The first kappa shape index (κ1) is 23.9. The predicted octanol–water partition coefficient (Wildman–Crippen LogP) is 3.45. The maximum absolute atomic E-state index is 11.0. The van der Waals surface area contributed by atoms with Crippen LogP contribution in [-0.4, -0.2) is 47.9 Å². The minimum atomic E-state index is -4.49. The van der Waals surface area contributed by atoms with Crippen LogP contribution in [0.15, 0.2) is 18.2 Å². The van der Waals surface area contributed by atoms with E-state index in [9.17, 15) is 4.57 Å². The normalized spacial score (nSPS) is 26.7. The molecule has 8 heteroatoms. The monoisotopic (exact) mass is 441 g/mol. The van der Waals surface area contributed by atoms with Gasteiger partial charge in [0.15, 0.2) is 0 Å². The van der Waals surface area contributed by atoms with E-state index in [0.717, 1.165) is 45.1 Å². The Kier molecular flexibility index (Phi) is 8.50. The lowest BCUT2D eigenvalue weighted by atomic mass is 9.85. The largest absolute Gasteiger partial charge is 0.469 e. The van der Waals surface area contributed by atoms with Crippen molar-refractivity contribution < 1.29 is 28.3 Å². The number of hydrogen-bond acceptors (Lipinski definition) is 5. The zero-order valence-electron chi connectivity index (χ0n) is 17.9. The summed E-state index contributed by atoms with van der Waals surface area (Å²) < 4.78 is 27.3. The van der Waals surface area contributed by atoms with E-state index in [0.29, 0.717) is 32.0 Å². The van der Waals surface area contributed by atoms with Crippen LogP contribution in [0.3, 0.4) is 0 Å². The molecule has 30 heavy (non-hydrogen) atoms. The Morgan fingerprint density at radius 3 is 2.80 bits per heavy atom. The van der Waals surface area contributed by atoms with Crippen LogP contribution in [0.4, 0.5) is 0 Å². The number of nitrogens with two attached hydrogens (primary N) is 1. The van der Waals surface area contributed by atoms with Gasteiger partial charge in [0.1, 0.15) is 0 Å². The van der Waals surface area contributed by atoms with Gasteiger partial charge in [-0.3, -0.25) is 4.52 Å². The van der Waals surface area contributed by atoms with Gasteiger partial charge in [-0.2, -0.15) is 0 Å². The van der Waals surface area contributed by atoms with E-state index < -0.39 is 13.4 Å². The molecule has 0 saturated heterocycles. The van der Waals surface area contributed by atoms with E-state index in [2.05, 4.69) is 29.6 Å². The number of phosphoric acid groups is 1. The third kappa shape index (κ3) is 7.13. The Balaban J connectivity index is 1.49. The molecular weight excluding hydrogens is 405 g/mol. The Hall–Kier alpha value is -0.790. The number of unbranched alkanes of at least 4 members (excludes halogenated alkanes) is 1. The highest BCUT2D eigenvalue weighted by Crippen LogP contribution is 2.44. The summed E-state index contributed by atoms with van der Waals surface area (Å²) in [6, 6.07) is 6.68. The molecule has 0 heterocycles. The molecule has 0 unspecified atom stereocenters. The third-order valence-corrected chi connectivity index (χ3v) is 6.74. The molecule has 1 aromatic carbocycles. The van der Waals surface area contributed by atoms with Crippen LogP contribution in [0, 0.1) is 0 Å². The molecular formula is C22H36NO6P. The van der Waals surface area contributed by atoms with E-state index in [1.807, 2.05) is 0 Å². The first-order valence-corrected chi connectivity index (χ1v) is 12.6. The van der Waals surface area contributed by atoms with Crippen LogP contribution in [-0.2, 0) is 31.4 Å². The molecule has 3 atom stereocenters. The van der Waals surface area contributed by atoms with Gasteiger partial charge in [-0.15, -0.1) is 0 Å². The summed E-state index contributed by atoms with van der Waals surface area (Å²) in [6.07, 6.45) is 7.75. The van der Waals surface area contributed by atoms with Crippen molar-refractivity contribution in [2.24, 2.45) is 5.73 Å². The van der Waals surface area contributed by atoms with Gasteiger partial charge in [0.25, 0.3) is 0 Å². The van der Waals surface area contributed by atoms with Crippen molar-refractivity contribution in [3.63, 3.8) is 0 Å². The average Bonchev–Trinajstić information content (AvgIpc) is 3.11. The van der Waals surface area contributed by atoms with Gasteiger partial charge in [0.2, 0.25) is 0 Å². The number of ether oxygens (including phenoxy) is 2. The molecule has 0 radical (unpaired) electrons. The Morgan fingerprint density at radius 2 is 2.03 bits per heavy atom. The summed E-state index contributed by atoms with van der Waals surface area (Å²) in [5, 5.41) is 0. The second-order valence-electron chi connectivity index (χ2n) is 8.80. The van der Waals surface area contributed by atoms with Crippen LogP contribution in [0.5, 0.6) is 0 Å². The first-order chi connectivity index (χ1) is 14.3. The highest BCUT2D eigenvalue weighted by atomic mass is 31.2. The van der Waals surface area contributed by atoms with Gasteiger partial charge in [-0.1, -0.05) is 31.5 Å². The minimum absolute atomic E-state index is 0.111. The molecule has 0 bridgehead atoms. The Bertz CT molecular complexity index is 738. The fourth-order valence-corrected chi connectivity index (χ4v) is 4.97. The minimum Gasteiger partial charge on any atom is -0.379 e. The van der Waals surface area contributed by atoms with Gasteiger partial charge in [-0.05, 0) is 67.6 Å². The summed E-state index contributed by atoms with van der Waals surface area (Å²) in [4.78, 5) is 17.9.